The van der Waals surface area contributed by atoms with Crippen molar-refractivity contribution in [2.24, 2.45) is 11.3 Å². The fourth-order valence-corrected chi connectivity index (χ4v) is 2.98. The lowest BCUT2D eigenvalue weighted by Gasteiger charge is -2.40. The largest absolute Gasteiger partial charge is 0.317 e. The van der Waals surface area contributed by atoms with Gasteiger partial charge in [-0.25, -0.2) is 0 Å². The zero-order valence-corrected chi connectivity index (χ0v) is 12.7. The number of hydrogen-bond donors (Lipinski definition) is 1. The molecule has 0 aromatic rings. The molecule has 0 amide bonds. The summed E-state index contributed by atoms with van der Waals surface area (Å²) >= 11 is 0. The van der Waals surface area contributed by atoms with Crippen molar-refractivity contribution >= 4 is 0 Å². The molecule has 2 heteroatoms. The van der Waals surface area contributed by atoms with Gasteiger partial charge in [0.2, 0.25) is 0 Å². The molecule has 1 N–H and O–H groups in total. The van der Waals surface area contributed by atoms with Crippen LogP contribution in [0.25, 0.3) is 0 Å². The van der Waals surface area contributed by atoms with Crippen LogP contribution in [0, 0.1) is 11.3 Å². The highest BCUT2D eigenvalue weighted by atomic mass is 15.1. The molecule has 102 valence electrons. The molecule has 0 aromatic heterocycles. The predicted octanol–water partition coefficient (Wildman–Crippen LogP) is 3.13. The lowest BCUT2D eigenvalue weighted by molar-refractivity contribution is 0.103. The minimum Gasteiger partial charge on any atom is -0.317 e. The summed E-state index contributed by atoms with van der Waals surface area (Å²) < 4.78 is 0. The first-order valence-electron chi connectivity index (χ1n) is 7.24. The molecule has 0 bridgehead atoms. The molecule has 2 nitrogen and oxygen atoms in total. The highest BCUT2D eigenvalue weighted by molar-refractivity contribution is 4.85. The van der Waals surface area contributed by atoms with Crippen molar-refractivity contribution in [3.63, 3.8) is 0 Å². The molecule has 0 radical (unpaired) electrons. The standard InChI is InChI=1S/C15H32N2/c1-12-7-9-14(10-8-12)17(6)11-15(3,4)13(2)16-5/h12-14,16H,7-11H2,1-6H3. The van der Waals surface area contributed by atoms with Gasteiger partial charge in [-0.15, -0.1) is 0 Å². The van der Waals surface area contributed by atoms with E-state index in [2.05, 4.69) is 52.0 Å². The molecule has 1 aliphatic carbocycles. The van der Waals surface area contributed by atoms with Crippen molar-refractivity contribution in [1.82, 2.24) is 10.2 Å². The van der Waals surface area contributed by atoms with Crippen molar-refractivity contribution in [3.05, 3.63) is 0 Å². The number of rotatable bonds is 5. The summed E-state index contributed by atoms with van der Waals surface area (Å²) in [6.07, 6.45) is 5.61. The highest BCUT2D eigenvalue weighted by Gasteiger charge is 2.30. The molecule has 1 rings (SSSR count). The van der Waals surface area contributed by atoms with Gasteiger partial charge in [0.25, 0.3) is 0 Å². The van der Waals surface area contributed by atoms with E-state index in [1.807, 2.05) is 0 Å². The second-order valence-corrected chi connectivity index (χ2v) is 6.83. The number of nitrogens with zero attached hydrogens (tertiary/aromatic N) is 1. The minimum absolute atomic E-state index is 0.340. The zero-order valence-electron chi connectivity index (χ0n) is 12.7. The van der Waals surface area contributed by atoms with Crippen LogP contribution in [-0.4, -0.2) is 37.6 Å². The Kier molecular flexibility index (Phi) is 5.46. The number of hydrogen-bond acceptors (Lipinski definition) is 2. The molecule has 1 unspecified atom stereocenters. The summed E-state index contributed by atoms with van der Waals surface area (Å²) in [7, 11) is 4.37. The van der Waals surface area contributed by atoms with Crippen LogP contribution in [-0.2, 0) is 0 Å². The molecule has 1 atom stereocenters. The molecule has 1 aliphatic rings. The highest BCUT2D eigenvalue weighted by Crippen LogP contribution is 2.29. The van der Waals surface area contributed by atoms with Gasteiger partial charge in [-0.2, -0.15) is 0 Å². The summed E-state index contributed by atoms with van der Waals surface area (Å²) in [6.45, 7) is 10.6. The molecule has 0 heterocycles. The van der Waals surface area contributed by atoms with Crippen molar-refractivity contribution < 1.29 is 0 Å². The molecule has 1 saturated carbocycles. The maximum absolute atomic E-state index is 3.39. The first kappa shape index (κ1) is 15.0. The maximum atomic E-state index is 3.39. The van der Waals surface area contributed by atoms with Gasteiger partial charge in [-0.05, 0) is 58.0 Å². The van der Waals surface area contributed by atoms with E-state index >= 15 is 0 Å². The van der Waals surface area contributed by atoms with Gasteiger partial charge in [0.15, 0.2) is 0 Å². The quantitative estimate of drug-likeness (QED) is 0.794. The summed E-state index contributed by atoms with van der Waals surface area (Å²) in [6, 6.07) is 1.38. The lowest BCUT2D eigenvalue weighted by Crippen LogP contribution is -2.47. The van der Waals surface area contributed by atoms with E-state index in [0.717, 1.165) is 12.0 Å². The van der Waals surface area contributed by atoms with Crippen molar-refractivity contribution in [2.75, 3.05) is 20.6 Å². The molecular weight excluding hydrogens is 208 g/mol. The van der Waals surface area contributed by atoms with Gasteiger partial charge in [0, 0.05) is 18.6 Å². The summed E-state index contributed by atoms with van der Waals surface area (Å²) in [5, 5.41) is 3.39. The molecule has 0 aromatic carbocycles. The Hall–Kier alpha value is -0.0800. The second kappa shape index (κ2) is 6.19. The van der Waals surface area contributed by atoms with Gasteiger partial charge in [0.05, 0.1) is 0 Å². The Morgan fingerprint density at radius 1 is 1.24 bits per heavy atom. The fourth-order valence-electron chi connectivity index (χ4n) is 2.98. The van der Waals surface area contributed by atoms with E-state index in [0.29, 0.717) is 11.5 Å². The normalized spacial score (nSPS) is 28.4. The zero-order chi connectivity index (χ0) is 13.1. The van der Waals surface area contributed by atoms with Crippen LogP contribution in [0.5, 0.6) is 0 Å². The van der Waals surface area contributed by atoms with Gasteiger partial charge in [-0.3, -0.25) is 0 Å². The Morgan fingerprint density at radius 2 is 1.76 bits per heavy atom. The van der Waals surface area contributed by atoms with Gasteiger partial charge >= 0.3 is 0 Å². The third kappa shape index (κ3) is 4.26. The van der Waals surface area contributed by atoms with Crippen LogP contribution >= 0.6 is 0 Å². The second-order valence-electron chi connectivity index (χ2n) is 6.83. The Labute approximate surface area is 108 Å². The van der Waals surface area contributed by atoms with Gasteiger partial charge in [-0.1, -0.05) is 20.8 Å². The average Bonchev–Trinajstić information content (AvgIpc) is 2.28. The van der Waals surface area contributed by atoms with E-state index in [-0.39, 0.29) is 0 Å². The minimum atomic E-state index is 0.340. The third-order valence-electron chi connectivity index (χ3n) is 4.87. The molecular formula is C15H32N2. The average molecular weight is 240 g/mol. The summed E-state index contributed by atoms with van der Waals surface area (Å²) in [5.41, 5.74) is 0.340. The Bertz CT molecular complexity index is 217. The Morgan fingerprint density at radius 3 is 2.24 bits per heavy atom. The monoisotopic (exact) mass is 240 g/mol. The van der Waals surface area contributed by atoms with E-state index in [1.54, 1.807) is 0 Å². The van der Waals surface area contributed by atoms with E-state index in [9.17, 15) is 0 Å². The summed E-state index contributed by atoms with van der Waals surface area (Å²) in [5.74, 6) is 0.948. The molecule has 0 aliphatic heterocycles. The van der Waals surface area contributed by atoms with Crippen LogP contribution in [0.15, 0.2) is 0 Å². The number of nitrogens with one attached hydrogen (secondary N) is 1. The molecule has 0 saturated heterocycles. The Balaban J connectivity index is 2.45. The van der Waals surface area contributed by atoms with Gasteiger partial charge < -0.3 is 10.2 Å². The van der Waals surface area contributed by atoms with Crippen molar-refractivity contribution in [1.29, 1.82) is 0 Å². The lowest BCUT2D eigenvalue weighted by atomic mass is 9.82. The van der Waals surface area contributed by atoms with Crippen LogP contribution in [0.3, 0.4) is 0 Å². The van der Waals surface area contributed by atoms with Crippen molar-refractivity contribution in [2.45, 2.75) is 65.5 Å². The fraction of sp³-hybridized carbons (Fsp3) is 1.00. The van der Waals surface area contributed by atoms with E-state index in [1.165, 1.54) is 32.2 Å². The van der Waals surface area contributed by atoms with E-state index in [4.69, 9.17) is 0 Å². The topological polar surface area (TPSA) is 15.3 Å². The van der Waals surface area contributed by atoms with Crippen LogP contribution in [0.4, 0.5) is 0 Å². The summed E-state index contributed by atoms with van der Waals surface area (Å²) in [4.78, 5) is 2.60. The third-order valence-corrected chi connectivity index (χ3v) is 4.87. The predicted molar refractivity (Wildman–Crippen MR) is 76.4 cm³/mol. The van der Waals surface area contributed by atoms with Gasteiger partial charge in [0.1, 0.15) is 0 Å². The molecule has 17 heavy (non-hydrogen) atoms. The molecule has 1 fully saturated rings. The SMILES string of the molecule is CNC(C)C(C)(C)CN(C)C1CCC(C)CC1. The van der Waals surface area contributed by atoms with Crippen LogP contribution in [0.1, 0.15) is 53.4 Å². The van der Waals surface area contributed by atoms with Crippen LogP contribution < -0.4 is 5.32 Å². The smallest absolute Gasteiger partial charge is 0.00991 e. The first-order valence-corrected chi connectivity index (χ1v) is 7.24. The van der Waals surface area contributed by atoms with Crippen LogP contribution in [0.2, 0.25) is 0 Å². The first-order chi connectivity index (χ1) is 7.86. The van der Waals surface area contributed by atoms with E-state index < -0.39 is 0 Å². The molecule has 0 spiro atoms. The maximum Gasteiger partial charge on any atom is 0.00991 e. The van der Waals surface area contributed by atoms with Crippen molar-refractivity contribution in [3.8, 4) is 0 Å².